The van der Waals surface area contributed by atoms with Gasteiger partial charge in [0.05, 0.1) is 6.61 Å². The average molecular weight is 237 g/mol. The molecule has 1 aromatic carbocycles. The molecule has 2 nitrogen and oxygen atoms in total. The second-order valence-electron chi connectivity index (χ2n) is 4.68. The maximum absolute atomic E-state index is 12.9. The lowest BCUT2D eigenvalue weighted by Gasteiger charge is -2.18. The topological polar surface area (TPSA) is 21.3 Å². The van der Waals surface area contributed by atoms with Gasteiger partial charge in [-0.15, -0.1) is 0 Å². The Morgan fingerprint density at radius 1 is 1.41 bits per heavy atom. The smallest absolute Gasteiger partial charge is 0.126 e. The van der Waals surface area contributed by atoms with E-state index in [1.54, 1.807) is 12.1 Å². The van der Waals surface area contributed by atoms with E-state index in [1.807, 2.05) is 7.05 Å². The van der Waals surface area contributed by atoms with E-state index in [-0.39, 0.29) is 5.82 Å². The number of ether oxygens (including phenoxy) is 1. The Labute approximate surface area is 102 Å². The van der Waals surface area contributed by atoms with Gasteiger partial charge in [-0.05, 0) is 44.4 Å². The van der Waals surface area contributed by atoms with Gasteiger partial charge >= 0.3 is 0 Å². The van der Waals surface area contributed by atoms with Gasteiger partial charge in [0, 0.05) is 12.1 Å². The highest BCUT2D eigenvalue weighted by Gasteiger charge is 2.25. The SMILES string of the molecule is CNC1CCCC1CCOc1cccc(F)c1. The maximum Gasteiger partial charge on any atom is 0.126 e. The van der Waals surface area contributed by atoms with Crippen molar-refractivity contribution in [3.05, 3.63) is 30.1 Å². The summed E-state index contributed by atoms with van der Waals surface area (Å²) in [6.45, 7) is 0.673. The van der Waals surface area contributed by atoms with Gasteiger partial charge in [-0.2, -0.15) is 0 Å². The normalized spacial score (nSPS) is 23.9. The molecule has 1 saturated carbocycles. The summed E-state index contributed by atoms with van der Waals surface area (Å²) < 4.78 is 18.5. The van der Waals surface area contributed by atoms with Gasteiger partial charge in [-0.25, -0.2) is 4.39 Å². The van der Waals surface area contributed by atoms with Crippen LogP contribution >= 0.6 is 0 Å². The summed E-state index contributed by atoms with van der Waals surface area (Å²) in [5.74, 6) is 1.09. The molecule has 3 heteroatoms. The predicted octanol–water partition coefficient (Wildman–Crippen LogP) is 2.98. The van der Waals surface area contributed by atoms with E-state index in [9.17, 15) is 4.39 Å². The summed E-state index contributed by atoms with van der Waals surface area (Å²) in [6.07, 6.45) is 4.89. The second kappa shape index (κ2) is 6.01. The second-order valence-corrected chi connectivity index (χ2v) is 4.68. The van der Waals surface area contributed by atoms with Crippen LogP contribution < -0.4 is 10.1 Å². The van der Waals surface area contributed by atoms with Crippen molar-refractivity contribution in [2.75, 3.05) is 13.7 Å². The van der Waals surface area contributed by atoms with Crippen molar-refractivity contribution in [2.45, 2.75) is 31.7 Å². The molecule has 0 heterocycles. The predicted molar refractivity (Wildman–Crippen MR) is 66.7 cm³/mol. The van der Waals surface area contributed by atoms with Gasteiger partial charge in [0.1, 0.15) is 11.6 Å². The molecule has 0 amide bonds. The van der Waals surface area contributed by atoms with Gasteiger partial charge in [-0.1, -0.05) is 12.5 Å². The zero-order chi connectivity index (χ0) is 12.1. The highest BCUT2D eigenvalue weighted by Crippen LogP contribution is 2.28. The first-order valence-electron chi connectivity index (χ1n) is 6.35. The lowest BCUT2D eigenvalue weighted by molar-refractivity contribution is 0.262. The van der Waals surface area contributed by atoms with Gasteiger partial charge < -0.3 is 10.1 Å². The molecule has 1 aromatic rings. The van der Waals surface area contributed by atoms with Crippen molar-refractivity contribution >= 4 is 0 Å². The quantitative estimate of drug-likeness (QED) is 0.850. The highest BCUT2D eigenvalue weighted by atomic mass is 19.1. The van der Waals surface area contributed by atoms with Crippen LogP contribution in [0.15, 0.2) is 24.3 Å². The van der Waals surface area contributed by atoms with Crippen molar-refractivity contribution in [2.24, 2.45) is 5.92 Å². The van der Waals surface area contributed by atoms with Crippen molar-refractivity contribution in [3.8, 4) is 5.75 Å². The molecule has 0 aliphatic heterocycles. The first kappa shape index (κ1) is 12.4. The molecule has 0 spiro atoms. The summed E-state index contributed by atoms with van der Waals surface area (Å²) in [6, 6.07) is 6.97. The van der Waals surface area contributed by atoms with Crippen LogP contribution in [0.5, 0.6) is 5.75 Å². The van der Waals surface area contributed by atoms with Crippen LogP contribution in [0.1, 0.15) is 25.7 Å². The Balaban J connectivity index is 1.76. The average Bonchev–Trinajstić information content (AvgIpc) is 2.77. The number of hydrogen-bond acceptors (Lipinski definition) is 2. The van der Waals surface area contributed by atoms with Gasteiger partial charge in [0.25, 0.3) is 0 Å². The maximum atomic E-state index is 12.9. The third kappa shape index (κ3) is 3.43. The molecule has 94 valence electrons. The van der Waals surface area contributed by atoms with Crippen molar-refractivity contribution in [1.82, 2.24) is 5.32 Å². The molecular weight excluding hydrogens is 217 g/mol. The van der Waals surface area contributed by atoms with E-state index in [0.717, 1.165) is 6.42 Å². The Hall–Kier alpha value is -1.09. The molecule has 2 atom stereocenters. The van der Waals surface area contributed by atoms with Crippen LogP contribution in [0.2, 0.25) is 0 Å². The van der Waals surface area contributed by atoms with Crippen LogP contribution in [0.4, 0.5) is 4.39 Å². The zero-order valence-corrected chi connectivity index (χ0v) is 10.3. The summed E-state index contributed by atoms with van der Waals surface area (Å²) in [5.41, 5.74) is 0. The molecule has 0 saturated heterocycles. The number of benzene rings is 1. The molecule has 0 aromatic heterocycles. The van der Waals surface area contributed by atoms with Crippen molar-refractivity contribution in [3.63, 3.8) is 0 Å². The van der Waals surface area contributed by atoms with E-state index in [4.69, 9.17) is 4.74 Å². The molecule has 1 N–H and O–H groups in total. The Morgan fingerprint density at radius 3 is 3.06 bits per heavy atom. The van der Waals surface area contributed by atoms with Crippen LogP contribution in [0.25, 0.3) is 0 Å². The Morgan fingerprint density at radius 2 is 2.29 bits per heavy atom. The van der Waals surface area contributed by atoms with Crippen LogP contribution in [-0.2, 0) is 0 Å². The summed E-state index contributed by atoms with van der Waals surface area (Å²) >= 11 is 0. The largest absolute Gasteiger partial charge is 0.493 e. The van der Waals surface area contributed by atoms with E-state index in [2.05, 4.69) is 5.32 Å². The molecular formula is C14H20FNO. The molecule has 1 fully saturated rings. The number of rotatable bonds is 5. The lowest BCUT2D eigenvalue weighted by atomic mass is 10.0. The minimum absolute atomic E-state index is 0.239. The van der Waals surface area contributed by atoms with Gasteiger partial charge in [-0.3, -0.25) is 0 Å². The lowest BCUT2D eigenvalue weighted by Crippen LogP contribution is -2.29. The minimum atomic E-state index is -0.239. The standard InChI is InChI=1S/C14H20FNO/c1-16-14-7-2-4-11(14)8-9-17-13-6-3-5-12(15)10-13/h3,5-6,10-11,14,16H,2,4,7-9H2,1H3. The fourth-order valence-electron chi connectivity index (χ4n) is 2.65. The van der Waals surface area contributed by atoms with E-state index in [1.165, 1.54) is 31.4 Å². The summed E-state index contributed by atoms with van der Waals surface area (Å²) in [5, 5.41) is 3.36. The van der Waals surface area contributed by atoms with Crippen molar-refractivity contribution < 1.29 is 9.13 Å². The first-order valence-corrected chi connectivity index (χ1v) is 6.35. The Bertz CT molecular complexity index is 356. The molecule has 1 aliphatic carbocycles. The van der Waals surface area contributed by atoms with Crippen LogP contribution in [0.3, 0.4) is 0 Å². The molecule has 0 radical (unpaired) electrons. The van der Waals surface area contributed by atoms with Crippen molar-refractivity contribution in [1.29, 1.82) is 0 Å². The van der Waals surface area contributed by atoms with E-state index in [0.29, 0.717) is 24.3 Å². The van der Waals surface area contributed by atoms with E-state index < -0.39 is 0 Å². The van der Waals surface area contributed by atoms with Gasteiger partial charge in [0.15, 0.2) is 0 Å². The number of hydrogen-bond donors (Lipinski definition) is 1. The third-order valence-electron chi connectivity index (χ3n) is 3.58. The molecule has 0 bridgehead atoms. The summed E-state index contributed by atoms with van der Waals surface area (Å²) in [7, 11) is 2.02. The fourth-order valence-corrected chi connectivity index (χ4v) is 2.65. The minimum Gasteiger partial charge on any atom is -0.493 e. The number of nitrogens with one attached hydrogen (secondary N) is 1. The highest BCUT2D eigenvalue weighted by molar-refractivity contribution is 5.22. The molecule has 17 heavy (non-hydrogen) atoms. The zero-order valence-electron chi connectivity index (χ0n) is 10.3. The first-order chi connectivity index (χ1) is 8.29. The molecule has 1 aliphatic rings. The van der Waals surface area contributed by atoms with E-state index >= 15 is 0 Å². The fraction of sp³-hybridized carbons (Fsp3) is 0.571. The van der Waals surface area contributed by atoms with Crippen LogP contribution in [0, 0.1) is 11.7 Å². The summed E-state index contributed by atoms with van der Waals surface area (Å²) in [4.78, 5) is 0. The Kier molecular flexibility index (Phi) is 4.37. The third-order valence-corrected chi connectivity index (χ3v) is 3.58. The monoisotopic (exact) mass is 237 g/mol. The van der Waals surface area contributed by atoms with Crippen LogP contribution in [-0.4, -0.2) is 19.7 Å². The van der Waals surface area contributed by atoms with Gasteiger partial charge in [0.2, 0.25) is 0 Å². The molecule has 2 unspecified atom stereocenters. The molecule has 2 rings (SSSR count). The number of halogens is 1.